The van der Waals surface area contributed by atoms with Crippen LogP contribution >= 0.6 is 0 Å². The summed E-state index contributed by atoms with van der Waals surface area (Å²) in [5, 5.41) is 10.4. The molecule has 4 heterocycles. The lowest BCUT2D eigenvalue weighted by Crippen LogP contribution is -2.26. The molecule has 9 nitrogen and oxygen atoms in total. The van der Waals surface area contributed by atoms with Crippen molar-refractivity contribution in [1.29, 1.82) is 0 Å². The van der Waals surface area contributed by atoms with Gasteiger partial charge in [-0.2, -0.15) is 5.10 Å². The fourth-order valence-corrected chi connectivity index (χ4v) is 4.24. The lowest BCUT2D eigenvalue weighted by atomic mass is 10.0. The highest BCUT2D eigenvalue weighted by molar-refractivity contribution is 5.98. The molecule has 0 atom stereocenters. The Kier molecular flexibility index (Phi) is 5.49. The van der Waals surface area contributed by atoms with Gasteiger partial charge in [-0.15, -0.1) is 0 Å². The molecular formula is C28H22N8O. The van der Waals surface area contributed by atoms with E-state index in [2.05, 4.69) is 25.4 Å². The van der Waals surface area contributed by atoms with Crippen molar-refractivity contribution in [3.63, 3.8) is 0 Å². The molecule has 0 saturated carbocycles. The molecule has 37 heavy (non-hydrogen) atoms. The molecular weight excluding hydrogens is 464 g/mol. The number of nitrogens with one attached hydrogen (secondary N) is 1. The van der Waals surface area contributed by atoms with Crippen LogP contribution in [0.4, 0.5) is 5.82 Å². The average molecular weight is 487 g/mol. The number of benzene rings is 2. The molecule has 4 aromatic heterocycles. The summed E-state index contributed by atoms with van der Waals surface area (Å²) < 4.78 is 1.68. The Hall–Kier alpha value is -5.18. The van der Waals surface area contributed by atoms with Gasteiger partial charge < -0.3 is 11.1 Å². The summed E-state index contributed by atoms with van der Waals surface area (Å²) in [5.41, 5.74) is 10.3. The summed E-state index contributed by atoms with van der Waals surface area (Å²) in [4.78, 5) is 31.3. The molecule has 180 valence electrons. The smallest absolute Gasteiger partial charge is 0.274 e. The zero-order valence-corrected chi connectivity index (χ0v) is 20.0. The molecule has 0 fully saturated rings. The van der Waals surface area contributed by atoms with Crippen LogP contribution in [0, 0.1) is 0 Å². The Morgan fingerprint density at radius 1 is 0.919 bits per heavy atom. The second-order valence-electron chi connectivity index (χ2n) is 8.65. The number of rotatable bonds is 5. The third-order valence-electron chi connectivity index (χ3n) is 6.09. The minimum atomic E-state index is -0.434. The van der Waals surface area contributed by atoms with Crippen molar-refractivity contribution in [2.24, 2.45) is 7.05 Å². The molecule has 1 amide bonds. The van der Waals surface area contributed by atoms with Crippen LogP contribution in [0.25, 0.3) is 44.3 Å². The van der Waals surface area contributed by atoms with E-state index in [1.54, 1.807) is 17.1 Å². The van der Waals surface area contributed by atoms with Gasteiger partial charge >= 0.3 is 0 Å². The summed E-state index contributed by atoms with van der Waals surface area (Å²) in [7, 11) is 1.82. The van der Waals surface area contributed by atoms with Gasteiger partial charge in [-0.25, -0.2) is 9.97 Å². The summed E-state index contributed by atoms with van der Waals surface area (Å²) in [6.45, 7) is 0.226. The minimum Gasteiger partial charge on any atom is -0.382 e. The van der Waals surface area contributed by atoms with Gasteiger partial charge in [-0.3, -0.25) is 19.4 Å². The van der Waals surface area contributed by atoms with Crippen LogP contribution < -0.4 is 11.1 Å². The molecule has 0 aliphatic rings. The molecule has 0 unspecified atom stereocenters. The van der Waals surface area contributed by atoms with Crippen molar-refractivity contribution >= 4 is 33.4 Å². The highest BCUT2D eigenvalue weighted by Crippen LogP contribution is 2.31. The largest absolute Gasteiger partial charge is 0.382 e. The second-order valence-corrected chi connectivity index (χ2v) is 8.65. The van der Waals surface area contributed by atoms with Crippen LogP contribution in [0.15, 0.2) is 85.3 Å². The Morgan fingerprint density at radius 3 is 2.59 bits per heavy atom. The first-order chi connectivity index (χ1) is 18.0. The normalized spacial score (nSPS) is 11.2. The number of hydrogen-bond donors (Lipinski definition) is 2. The first-order valence-electron chi connectivity index (χ1n) is 11.7. The number of amides is 1. The Balaban J connectivity index is 1.38. The molecule has 0 radical (unpaired) electrons. The van der Waals surface area contributed by atoms with E-state index >= 15 is 0 Å². The number of hydrogen-bond acceptors (Lipinski definition) is 7. The predicted octanol–water partition coefficient (Wildman–Crippen LogP) is 4.15. The van der Waals surface area contributed by atoms with E-state index in [-0.39, 0.29) is 18.1 Å². The second kappa shape index (κ2) is 9.12. The number of nitrogen functional groups attached to an aromatic ring is 1. The van der Waals surface area contributed by atoms with Crippen LogP contribution in [-0.2, 0) is 13.6 Å². The van der Waals surface area contributed by atoms with Gasteiger partial charge in [0.2, 0.25) is 0 Å². The van der Waals surface area contributed by atoms with Gasteiger partial charge in [0.15, 0.2) is 11.5 Å². The van der Waals surface area contributed by atoms with Gasteiger partial charge in [0.25, 0.3) is 5.91 Å². The third-order valence-corrected chi connectivity index (χ3v) is 6.09. The number of nitrogens with zero attached hydrogens (tertiary/aromatic N) is 6. The van der Waals surface area contributed by atoms with Crippen LogP contribution in [0.5, 0.6) is 0 Å². The highest BCUT2D eigenvalue weighted by atomic mass is 16.1. The summed E-state index contributed by atoms with van der Waals surface area (Å²) in [6, 6.07) is 21.3. The number of aromatic nitrogens is 6. The highest BCUT2D eigenvalue weighted by Gasteiger charge is 2.21. The summed E-state index contributed by atoms with van der Waals surface area (Å²) in [6.07, 6.45) is 5.36. The van der Waals surface area contributed by atoms with Crippen LogP contribution in [0.1, 0.15) is 16.2 Å². The third kappa shape index (κ3) is 4.34. The SMILES string of the molecule is Cn1ccc(-c2nc(N)c(C(=O)NCc3cc4ccccc4cn3)nc2-c2ccc3ncccc3c2)n1. The van der Waals surface area contributed by atoms with Crippen molar-refractivity contribution < 1.29 is 4.79 Å². The summed E-state index contributed by atoms with van der Waals surface area (Å²) >= 11 is 0. The fraction of sp³-hybridized carbons (Fsp3) is 0.0714. The van der Waals surface area contributed by atoms with Gasteiger partial charge in [0.05, 0.1) is 23.4 Å². The Labute approximate surface area is 212 Å². The molecule has 0 aliphatic carbocycles. The van der Waals surface area contributed by atoms with E-state index in [9.17, 15) is 4.79 Å². The molecule has 6 rings (SSSR count). The average Bonchev–Trinajstić information content (AvgIpc) is 3.37. The predicted molar refractivity (Wildman–Crippen MR) is 142 cm³/mol. The van der Waals surface area contributed by atoms with E-state index in [0.29, 0.717) is 17.1 Å². The molecule has 0 bridgehead atoms. The topological polar surface area (TPSA) is 124 Å². The molecule has 3 N–H and O–H groups in total. The molecule has 0 spiro atoms. The first kappa shape index (κ1) is 22.3. The number of nitrogens with two attached hydrogens (primary N) is 1. The van der Waals surface area contributed by atoms with Gasteiger partial charge in [-0.05, 0) is 35.7 Å². The van der Waals surface area contributed by atoms with Gasteiger partial charge in [0, 0.05) is 42.0 Å². The van der Waals surface area contributed by atoms with Crippen molar-refractivity contribution in [1.82, 2.24) is 35.0 Å². The molecule has 0 saturated heterocycles. The van der Waals surface area contributed by atoms with Crippen LogP contribution in [-0.4, -0.2) is 35.6 Å². The van der Waals surface area contributed by atoms with Crippen molar-refractivity contribution in [2.75, 3.05) is 5.73 Å². The van der Waals surface area contributed by atoms with E-state index in [4.69, 9.17) is 10.7 Å². The van der Waals surface area contributed by atoms with Crippen molar-refractivity contribution in [2.45, 2.75) is 6.54 Å². The van der Waals surface area contributed by atoms with E-state index in [0.717, 1.165) is 32.9 Å². The fourth-order valence-electron chi connectivity index (χ4n) is 4.24. The van der Waals surface area contributed by atoms with Crippen molar-refractivity contribution in [3.8, 4) is 22.6 Å². The number of fused-ring (bicyclic) bond motifs is 2. The monoisotopic (exact) mass is 486 g/mol. The van der Waals surface area contributed by atoms with Gasteiger partial charge in [0.1, 0.15) is 11.4 Å². The maximum atomic E-state index is 13.2. The maximum Gasteiger partial charge on any atom is 0.274 e. The number of carbonyl (C=O) groups is 1. The number of aryl methyl sites for hydroxylation is 1. The number of anilines is 1. The Bertz CT molecular complexity index is 1790. The number of pyridine rings is 2. The van der Waals surface area contributed by atoms with Crippen LogP contribution in [0.3, 0.4) is 0 Å². The molecule has 2 aromatic carbocycles. The first-order valence-corrected chi connectivity index (χ1v) is 11.7. The minimum absolute atomic E-state index is 0.0239. The quantitative estimate of drug-likeness (QED) is 0.375. The Morgan fingerprint density at radius 2 is 1.76 bits per heavy atom. The lowest BCUT2D eigenvalue weighted by Gasteiger charge is -2.12. The lowest BCUT2D eigenvalue weighted by molar-refractivity contribution is 0.0946. The van der Waals surface area contributed by atoms with E-state index in [1.165, 1.54) is 0 Å². The summed E-state index contributed by atoms with van der Waals surface area (Å²) in [5.74, 6) is -0.410. The maximum absolute atomic E-state index is 13.2. The molecule has 6 aromatic rings. The molecule has 9 heteroatoms. The molecule has 0 aliphatic heterocycles. The standard InChI is InChI=1S/C28H22N8O/c1-36-12-10-23(35-36)25-24(19-8-9-22-18(13-19)7-4-11-30-22)33-26(27(29)34-25)28(37)32-16-21-14-17-5-2-3-6-20(17)15-31-21/h2-15H,16H2,1H3,(H2,29,34)(H,32,37). The van der Waals surface area contributed by atoms with Crippen LogP contribution in [0.2, 0.25) is 0 Å². The van der Waals surface area contributed by atoms with E-state index in [1.807, 2.05) is 80.0 Å². The number of carbonyl (C=O) groups excluding carboxylic acids is 1. The zero-order chi connectivity index (χ0) is 25.4. The van der Waals surface area contributed by atoms with E-state index < -0.39 is 5.91 Å². The van der Waals surface area contributed by atoms with Crippen molar-refractivity contribution in [3.05, 3.63) is 96.7 Å². The zero-order valence-electron chi connectivity index (χ0n) is 20.0. The van der Waals surface area contributed by atoms with Gasteiger partial charge in [-0.1, -0.05) is 36.4 Å².